The van der Waals surface area contributed by atoms with E-state index in [9.17, 15) is 9.59 Å². The zero-order valence-corrected chi connectivity index (χ0v) is 15.4. The number of hydrogen-bond donors (Lipinski definition) is 1. The molecule has 128 valence electrons. The van der Waals surface area contributed by atoms with Crippen molar-refractivity contribution < 1.29 is 14.3 Å². The molecule has 0 spiro atoms. The van der Waals surface area contributed by atoms with Crippen molar-refractivity contribution >= 4 is 51.4 Å². The number of ether oxygens (including phenoxy) is 1. The molecule has 2 aromatic rings. The highest BCUT2D eigenvalue weighted by atomic mass is 35.5. The quantitative estimate of drug-likeness (QED) is 0.526. The zero-order chi connectivity index (χ0) is 17.5. The fourth-order valence-electron chi connectivity index (χ4n) is 2.11. The molecule has 1 aromatic heterocycles. The maximum Gasteiger partial charge on any atom is 0.341 e. The number of nitrogens with one attached hydrogen (secondary N) is 1. The molecule has 0 saturated heterocycles. The van der Waals surface area contributed by atoms with Gasteiger partial charge in [0.05, 0.1) is 6.61 Å². The van der Waals surface area contributed by atoms with Gasteiger partial charge in [0.1, 0.15) is 10.6 Å². The zero-order valence-electron chi connectivity index (χ0n) is 13.1. The van der Waals surface area contributed by atoms with Crippen LogP contribution in [0.4, 0.5) is 5.00 Å². The van der Waals surface area contributed by atoms with Gasteiger partial charge in [0, 0.05) is 28.3 Å². The molecule has 0 atom stereocenters. The Morgan fingerprint density at radius 1 is 1.25 bits per heavy atom. The molecule has 0 radical (unpaired) electrons. The second-order valence-corrected chi connectivity index (χ2v) is 6.62. The SMILES string of the molecule is CCOC(=O)c1c(-c2ccc(Cl)cc2)csc1NC(=O)CCCCl. The van der Waals surface area contributed by atoms with E-state index in [0.29, 0.717) is 39.9 Å². The third-order valence-electron chi connectivity index (χ3n) is 3.22. The van der Waals surface area contributed by atoms with Crippen molar-refractivity contribution in [1.82, 2.24) is 0 Å². The van der Waals surface area contributed by atoms with Crippen LogP contribution in [0.3, 0.4) is 0 Å². The van der Waals surface area contributed by atoms with Crippen LogP contribution in [0.15, 0.2) is 29.6 Å². The lowest BCUT2D eigenvalue weighted by Crippen LogP contribution is -2.14. The molecule has 0 saturated carbocycles. The number of amides is 1. The van der Waals surface area contributed by atoms with Gasteiger partial charge in [-0.05, 0) is 31.0 Å². The Bertz CT molecular complexity index is 713. The molecular weight excluding hydrogens is 369 g/mol. The van der Waals surface area contributed by atoms with Crippen molar-refractivity contribution in [3.8, 4) is 11.1 Å². The summed E-state index contributed by atoms with van der Waals surface area (Å²) >= 11 is 12.8. The average Bonchev–Trinajstić information content (AvgIpc) is 2.97. The third kappa shape index (κ3) is 4.72. The minimum absolute atomic E-state index is 0.175. The molecule has 1 N–H and O–H groups in total. The second-order valence-electron chi connectivity index (χ2n) is 4.92. The fourth-order valence-corrected chi connectivity index (χ4v) is 3.35. The number of carbonyl (C=O) groups excluding carboxylic acids is 2. The first-order valence-electron chi connectivity index (χ1n) is 7.47. The molecule has 0 aliphatic rings. The minimum Gasteiger partial charge on any atom is -0.462 e. The van der Waals surface area contributed by atoms with Gasteiger partial charge in [0.2, 0.25) is 5.91 Å². The van der Waals surface area contributed by atoms with Gasteiger partial charge in [-0.25, -0.2) is 4.79 Å². The van der Waals surface area contributed by atoms with E-state index >= 15 is 0 Å². The van der Waals surface area contributed by atoms with Gasteiger partial charge in [0.25, 0.3) is 0 Å². The first-order chi connectivity index (χ1) is 11.6. The lowest BCUT2D eigenvalue weighted by molar-refractivity contribution is -0.116. The van der Waals surface area contributed by atoms with Crippen LogP contribution >= 0.6 is 34.5 Å². The molecule has 0 unspecified atom stereocenters. The maximum atomic E-state index is 12.4. The molecule has 1 heterocycles. The third-order valence-corrected chi connectivity index (χ3v) is 4.63. The summed E-state index contributed by atoms with van der Waals surface area (Å²) in [4.78, 5) is 24.3. The van der Waals surface area contributed by atoms with Crippen LogP contribution in [0.25, 0.3) is 11.1 Å². The minimum atomic E-state index is -0.462. The number of thiophene rings is 1. The number of hydrogen-bond acceptors (Lipinski definition) is 4. The summed E-state index contributed by atoms with van der Waals surface area (Å²) < 4.78 is 5.14. The Kier molecular flexibility index (Phi) is 7.09. The van der Waals surface area contributed by atoms with Crippen molar-refractivity contribution in [2.24, 2.45) is 0 Å². The molecule has 7 heteroatoms. The van der Waals surface area contributed by atoms with Gasteiger partial charge in [-0.3, -0.25) is 4.79 Å². The van der Waals surface area contributed by atoms with Gasteiger partial charge in [0.15, 0.2) is 0 Å². The predicted molar refractivity (Wildman–Crippen MR) is 99.3 cm³/mol. The number of anilines is 1. The van der Waals surface area contributed by atoms with E-state index in [0.717, 1.165) is 5.56 Å². The van der Waals surface area contributed by atoms with E-state index in [-0.39, 0.29) is 12.5 Å². The monoisotopic (exact) mass is 385 g/mol. The number of rotatable bonds is 7. The number of alkyl halides is 1. The normalized spacial score (nSPS) is 10.5. The standard InChI is InChI=1S/C17H17Cl2NO3S/c1-2-23-17(22)15-13(11-5-7-12(19)8-6-11)10-24-16(15)20-14(21)4-3-9-18/h5-8,10H,2-4,9H2,1H3,(H,20,21). The summed E-state index contributed by atoms with van der Waals surface area (Å²) in [6.45, 7) is 2.00. The Morgan fingerprint density at radius 3 is 2.58 bits per heavy atom. The lowest BCUT2D eigenvalue weighted by atomic mass is 10.0. The smallest absolute Gasteiger partial charge is 0.341 e. The summed E-state index contributed by atoms with van der Waals surface area (Å²) in [6.07, 6.45) is 0.886. The molecule has 1 aromatic carbocycles. The number of halogens is 2. The van der Waals surface area contributed by atoms with Gasteiger partial charge >= 0.3 is 5.97 Å². The van der Waals surface area contributed by atoms with Crippen LogP contribution in [-0.2, 0) is 9.53 Å². The Labute approximate surface area is 154 Å². The molecule has 2 rings (SSSR count). The summed E-state index contributed by atoms with van der Waals surface area (Å²) in [7, 11) is 0. The van der Waals surface area contributed by atoms with Gasteiger partial charge in [-0.15, -0.1) is 22.9 Å². The van der Waals surface area contributed by atoms with E-state index in [4.69, 9.17) is 27.9 Å². The summed E-state index contributed by atoms with van der Waals surface area (Å²) in [5.41, 5.74) is 1.91. The van der Waals surface area contributed by atoms with Crippen molar-refractivity contribution in [3.63, 3.8) is 0 Å². The highest BCUT2D eigenvalue weighted by Crippen LogP contribution is 2.36. The van der Waals surface area contributed by atoms with Gasteiger partial charge in [-0.1, -0.05) is 23.7 Å². The molecule has 0 bridgehead atoms. The molecule has 0 fully saturated rings. The topological polar surface area (TPSA) is 55.4 Å². The maximum absolute atomic E-state index is 12.4. The van der Waals surface area contributed by atoms with E-state index in [1.54, 1.807) is 19.1 Å². The van der Waals surface area contributed by atoms with E-state index in [1.807, 2.05) is 17.5 Å². The first kappa shape index (κ1) is 18.8. The van der Waals surface area contributed by atoms with E-state index in [2.05, 4.69) is 5.32 Å². The largest absolute Gasteiger partial charge is 0.462 e. The molecular formula is C17H17Cl2NO3S. The van der Waals surface area contributed by atoms with Crippen LogP contribution in [0.1, 0.15) is 30.1 Å². The first-order valence-corrected chi connectivity index (χ1v) is 9.26. The average molecular weight is 386 g/mol. The Hall–Kier alpha value is -1.56. The Balaban J connectivity index is 2.35. The summed E-state index contributed by atoms with van der Waals surface area (Å²) in [5.74, 6) is -0.222. The van der Waals surface area contributed by atoms with Crippen molar-refractivity contribution in [3.05, 3.63) is 40.2 Å². The predicted octanol–water partition coefficient (Wildman–Crippen LogP) is 5.20. The van der Waals surface area contributed by atoms with Gasteiger partial charge < -0.3 is 10.1 Å². The highest BCUT2D eigenvalue weighted by Gasteiger charge is 2.22. The van der Waals surface area contributed by atoms with Crippen molar-refractivity contribution in [1.29, 1.82) is 0 Å². The van der Waals surface area contributed by atoms with Crippen LogP contribution < -0.4 is 5.32 Å². The van der Waals surface area contributed by atoms with E-state index in [1.165, 1.54) is 11.3 Å². The molecule has 1 amide bonds. The molecule has 0 aliphatic carbocycles. The van der Waals surface area contributed by atoms with Crippen LogP contribution in [0.5, 0.6) is 0 Å². The summed E-state index contributed by atoms with van der Waals surface area (Å²) in [5, 5.41) is 5.70. The van der Waals surface area contributed by atoms with Gasteiger partial charge in [-0.2, -0.15) is 0 Å². The highest BCUT2D eigenvalue weighted by molar-refractivity contribution is 7.15. The van der Waals surface area contributed by atoms with Crippen LogP contribution in [-0.4, -0.2) is 24.4 Å². The summed E-state index contributed by atoms with van der Waals surface area (Å²) in [6, 6.07) is 7.16. The molecule has 0 aliphatic heterocycles. The van der Waals surface area contributed by atoms with Crippen molar-refractivity contribution in [2.75, 3.05) is 17.8 Å². The fraction of sp³-hybridized carbons (Fsp3) is 0.294. The number of esters is 1. The lowest BCUT2D eigenvalue weighted by Gasteiger charge is -2.08. The molecule has 24 heavy (non-hydrogen) atoms. The Morgan fingerprint density at radius 2 is 1.96 bits per heavy atom. The number of carbonyl (C=O) groups is 2. The second kappa shape index (κ2) is 9.06. The van der Waals surface area contributed by atoms with Crippen LogP contribution in [0.2, 0.25) is 5.02 Å². The number of benzene rings is 1. The molecule has 4 nitrogen and oxygen atoms in total. The van der Waals surface area contributed by atoms with E-state index < -0.39 is 5.97 Å². The van der Waals surface area contributed by atoms with Crippen LogP contribution in [0, 0.1) is 0 Å². The van der Waals surface area contributed by atoms with Crippen molar-refractivity contribution in [2.45, 2.75) is 19.8 Å².